The van der Waals surface area contributed by atoms with Crippen molar-refractivity contribution in [3.05, 3.63) is 39.9 Å². The summed E-state index contributed by atoms with van der Waals surface area (Å²) in [7, 11) is 0. The average molecular weight is 248 g/mol. The van der Waals surface area contributed by atoms with E-state index < -0.39 is 0 Å². The van der Waals surface area contributed by atoms with E-state index in [2.05, 4.69) is 6.92 Å². The van der Waals surface area contributed by atoms with Gasteiger partial charge in [0.2, 0.25) is 0 Å². The molecule has 0 spiro atoms. The lowest BCUT2D eigenvalue weighted by molar-refractivity contribution is -0.384. The van der Waals surface area contributed by atoms with Gasteiger partial charge in [-0.25, -0.2) is 0 Å². The number of rotatable bonds is 4. The summed E-state index contributed by atoms with van der Waals surface area (Å²) in [5.41, 5.74) is 7.46. The van der Waals surface area contributed by atoms with Gasteiger partial charge >= 0.3 is 0 Å². The zero-order valence-corrected chi connectivity index (χ0v) is 10.8. The number of nitro groups is 1. The van der Waals surface area contributed by atoms with E-state index in [1.807, 2.05) is 12.1 Å². The number of nitro benzene ring substituents is 1. The molecular weight excluding hydrogens is 228 g/mol. The predicted molar refractivity (Wildman–Crippen MR) is 71.3 cm³/mol. The summed E-state index contributed by atoms with van der Waals surface area (Å²) in [5, 5.41) is 10.6. The van der Waals surface area contributed by atoms with Gasteiger partial charge in [0.1, 0.15) is 0 Å². The van der Waals surface area contributed by atoms with Crippen molar-refractivity contribution in [2.45, 2.75) is 32.6 Å². The third kappa shape index (κ3) is 2.70. The Morgan fingerprint density at radius 1 is 1.44 bits per heavy atom. The molecule has 1 aliphatic rings. The van der Waals surface area contributed by atoms with Crippen molar-refractivity contribution in [3.63, 3.8) is 0 Å². The van der Waals surface area contributed by atoms with E-state index >= 15 is 0 Å². The van der Waals surface area contributed by atoms with Gasteiger partial charge in [0, 0.05) is 12.1 Å². The van der Waals surface area contributed by atoms with Crippen LogP contribution in [0, 0.1) is 21.4 Å². The largest absolute Gasteiger partial charge is 0.330 e. The van der Waals surface area contributed by atoms with E-state index in [9.17, 15) is 10.1 Å². The van der Waals surface area contributed by atoms with Gasteiger partial charge in [-0.05, 0) is 42.7 Å². The molecule has 2 N–H and O–H groups in total. The third-order valence-electron chi connectivity index (χ3n) is 4.11. The highest BCUT2D eigenvalue weighted by molar-refractivity contribution is 5.33. The van der Waals surface area contributed by atoms with Gasteiger partial charge in [-0.3, -0.25) is 10.1 Å². The van der Waals surface area contributed by atoms with Gasteiger partial charge in [0.05, 0.1) is 4.92 Å². The smallest absolute Gasteiger partial charge is 0.269 e. The minimum Gasteiger partial charge on any atom is -0.330 e. The van der Waals surface area contributed by atoms with Crippen LogP contribution in [-0.2, 0) is 6.42 Å². The SMILES string of the molecule is CC1CCC(CN)(Cc2ccc([N+](=O)[O-])cc2)C1. The summed E-state index contributed by atoms with van der Waals surface area (Å²) in [5.74, 6) is 0.742. The molecular formula is C14H20N2O2. The van der Waals surface area contributed by atoms with Crippen LogP contribution in [0.4, 0.5) is 5.69 Å². The number of nitrogens with zero attached hydrogens (tertiary/aromatic N) is 1. The molecule has 2 atom stereocenters. The van der Waals surface area contributed by atoms with E-state index in [1.165, 1.54) is 19.3 Å². The Bertz CT molecular complexity index is 430. The van der Waals surface area contributed by atoms with Crippen LogP contribution in [0.25, 0.3) is 0 Å². The van der Waals surface area contributed by atoms with Crippen molar-refractivity contribution in [2.24, 2.45) is 17.1 Å². The number of hydrogen-bond donors (Lipinski definition) is 1. The van der Waals surface area contributed by atoms with E-state index in [4.69, 9.17) is 5.73 Å². The van der Waals surface area contributed by atoms with E-state index in [-0.39, 0.29) is 16.0 Å². The Balaban J connectivity index is 2.10. The topological polar surface area (TPSA) is 69.2 Å². The van der Waals surface area contributed by atoms with E-state index in [1.54, 1.807) is 12.1 Å². The van der Waals surface area contributed by atoms with Crippen molar-refractivity contribution >= 4 is 5.69 Å². The van der Waals surface area contributed by atoms with Gasteiger partial charge in [-0.15, -0.1) is 0 Å². The maximum absolute atomic E-state index is 10.6. The molecule has 98 valence electrons. The lowest BCUT2D eigenvalue weighted by Crippen LogP contribution is -2.30. The first-order valence-electron chi connectivity index (χ1n) is 6.48. The van der Waals surface area contributed by atoms with Crippen LogP contribution in [0.5, 0.6) is 0 Å². The Morgan fingerprint density at radius 2 is 2.11 bits per heavy atom. The molecule has 1 aromatic carbocycles. The van der Waals surface area contributed by atoms with Crippen molar-refractivity contribution in [1.29, 1.82) is 0 Å². The molecule has 2 rings (SSSR count). The second-order valence-corrected chi connectivity index (χ2v) is 5.65. The molecule has 0 radical (unpaired) electrons. The van der Waals surface area contributed by atoms with Crippen molar-refractivity contribution in [2.75, 3.05) is 6.54 Å². The molecule has 2 unspecified atom stereocenters. The number of hydrogen-bond acceptors (Lipinski definition) is 3. The molecule has 1 saturated carbocycles. The third-order valence-corrected chi connectivity index (χ3v) is 4.11. The first-order chi connectivity index (χ1) is 8.54. The number of benzene rings is 1. The Labute approximate surface area is 107 Å². The molecule has 1 fully saturated rings. The highest BCUT2D eigenvalue weighted by Gasteiger charge is 2.36. The lowest BCUT2D eigenvalue weighted by Gasteiger charge is -2.27. The van der Waals surface area contributed by atoms with Crippen LogP contribution < -0.4 is 5.73 Å². The molecule has 0 aliphatic heterocycles. The molecule has 0 bridgehead atoms. The molecule has 0 heterocycles. The second-order valence-electron chi connectivity index (χ2n) is 5.65. The molecule has 1 aliphatic carbocycles. The minimum atomic E-state index is -0.361. The van der Waals surface area contributed by atoms with Gasteiger partial charge in [0.15, 0.2) is 0 Å². The Morgan fingerprint density at radius 3 is 2.56 bits per heavy atom. The summed E-state index contributed by atoms with van der Waals surface area (Å²) >= 11 is 0. The molecule has 4 heteroatoms. The van der Waals surface area contributed by atoms with Gasteiger partial charge < -0.3 is 5.73 Å². The lowest BCUT2D eigenvalue weighted by atomic mass is 9.79. The fraction of sp³-hybridized carbons (Fsp3) is 0.571. The second kappa shape index (κ2) is 5.06. The van der Waals surface area contributed by atoms with Crippen LogP contribution in [0.3, 0.4) is 0 Å². The summed E-state index contributed by atoms with van der Waals surface area (Å²) in [4.78, 5) is 10.2. The van der Waals surface area contributed by atoms with E-state index in [0.717, 1.165) is 17.9 Å². The highest BCUT2D eigenvalue weighted by atomic mass is 16.6. The zero-order chi connectivity index (χ0) is 13.2. The minimum absolute atomic E-state index is 0.153. The molecule has 0 aromatic heterocycles. The van der Waals surface area contributed by atoms with E-state index in [0.29, 0.717) is 6.54 Å². The number of nitrogens with two attached hydrogens (primary N) is 1. The van der Waals surface area contributed by atoms with Crippen LogP contribution in [0.15, 0.2) is 24.3 Å². The molecule has 4 nitrogen and oxygen atoms in total. The van der Waals surface area contributed by atoms with Crippen LogP contribution >= 0.6 is 0 Å². The molecule has 0 saturated heterocycles. The quantitative estimate of drug-likeness (QED) is 0.658. The predicted octanol–water partition coefficient (Wildman–Crippen LogP) is 2.90. The Kier molecular flexibility index (Phi) is 3.66. The summed E-state index contributed by atoms with van der Waals surface area (Å²) in [6.45, 7) is 2.97. The highest BCUT2D eigenvalue weighted by Crippen LogP contribution is 2.43. The Hall–Kier alpha value is -1.42. The van der Waals surface area contributed by atoms with Crippen molar-refractivity contribution in [1.82, 2.24) is 0 Å². The van der Waals surface area contributed by atoms with Crippen LogP contribution in [-0.4, -0.2) is 11.5 Å². The van der Waals surface area contributed by atoms with Gasteiger partial charge in [-0.2, -0.15) is 0 Å². The normalized spacial score (nSPS) is 27.3. The maximum Gasteiger partial charge on any atom is 0.269 e. The van der Waals surface area contributed by atoms with Crippen molar-refractivity contribution in [3.8, 4) is 0 Å². The summed E-state index contributed by atoms with van der Waals surface area (Å²) < 4.78 is 0. The molecule has 18 heavy (non-hydrogen) atoms. The van der Waals surface area contributed by atoms with Gasteiger partial charge in [-0.1, -0.05) is 25.5 Å². The number of non-ortho nitro benzene ring substituents is 1. The first-order valence-corrected chi connectivity index (χ1v) is 6.48. The maximum atomic E-state index is 10.6. The van der Waals surface area contributed by atoms with Crippen LogP contribution in [0.2, 0.25) is 0 Å². The molecule has 0 amide bonds. The van der Waals surface area contributed by atoms with Crippen molar-refractivity contribution < 1.29 is 4.92 Å². The monoisotopic (exact) mass is 248 g/mol. The fourth-order valence-electron chi connectivity index (χ4n) is 3.08. The fourth-order valence-corrected chi connectivity index (χ4v) is 3.08. The average Bonchev–Trinajstić information content (AvgIpc) is 2.72. The summed E-state index contributed by atoms with van der Waals surface area (Å²) in [6.07, 6.45) is 4.51. The summed E-state index contributed by atoms with van der Waals surface area (Å²) in [6, 6.07) is 6.88. The first kappa shape index (κ1) is 13.0. The molecule has 1 aromatic rings. The van der Waals surface area contributed by atoms with Crippen LogP contribution in [0.1, 0.15) is 31.7 Å². The standard InChI is InChI=1S/C14H20N2O2/c1-11-6-7-14(8-11,10-15)9-12-2-4-13(5-3-12)16(17)18/h2-5,11H,6-10,15H2,1H3. The van der Waals surface area contributed by atoms with Gasteiger partial charge in [0.25, 0.3) is 5.69 Å². The zero-order valence-electron chi connectivity index (χ0n) is 10.8.